The molecule has 1 aliphatic rings. The maximum Gasteiger partial charge on any atom is 0.374 e. The fourth-order valence-corrected chi connectivity index (χ4v) is 1.32. The van der Waals surface area contributed by atoms with E-state index in [1.807, 2.05) is 0 Å². The molecule has 0 aromatic heterocycles. The molecule has 80 valence electrons. The van der Waals surface area contributed by atoms with Crippen molar-refractivity contribution in [1.29, 1.82) is 0 Å². The summed E-state index contributed by atoms with van der Waals surface area (Å²) in [6.45, 7) is 0.271. The molecule has 1 amide bonds. The van der Waals surface area contributed by atoms with Gasteiger partial charge in [0.1, 0.15) is 0 Å². The Morgan fingerprint density at radius 2 is 2.21 bits per heavy atom. The summed E-state index contributed by atoms with van der Waals surface area (Å²) in [5.74, 6) is -6.04. The van der Waals surface area contributed by atoms with E-state index in [4.69, 9.17) is 5.11 Å². The highest BCUT2D eigenvalue weighted by molar-refractivity contribution is 5.78. The van der Waals surface area contributed by atoms with Gasteiger partial charge in [0.2, 0.25) is 5.91 Å². The molecule has 0 unspecified atom stereocenters. The van der Waals surface area contributed by atoms with Gasteiger partial charge in [-0.2, -0.15) is 8.78 Å². The number of likely N-dealkylation sites (tertiary alicyclic amines) is 1. The number of carboxylic acid groups (broad SMARTS) is 1. The average Bonchev–Trinajstić information content (AvgIpc) is 2.47. The lowest BCUT2D eigenvalue weighted by Crippen LogP contribution is -2.35. The summed E-state index contributed by atoms with van der Waals surface area (Å²) in [6, 6.07) is 0. The average molecular weight is 207 g/mol. The zero-order chi connectivity index (χ0) is 10.8. The highest BCUT2D eigenvalue weighted by atomic mass is 19.3. The van der Waals surface area contributed by atoms with E-state index in [0.717, 1.165) is 0 Å². The van der Waals surface area contributed by atoms with Crippen LogP contribution in [0.1, 0.15) is 19.3 Å². The van der Waals surface area contributed by atoms with Gasteiger partial charge < -0.3 is 10.0 Å². The van der Waals surface area contributed by atoms with Crippen LogP contribution in [0.3, 0.4) is 0 Å². The summed E-state index contributed by atoms with van der Waals surface area (Å²) in [5.41, 5.74) is 0. The molecule has 1 fully saturated rings. The van der Waals surface area contributed by atoms with Crippen LogP contribution in [-0.2, 0) is 9.59 Å². The van der Waals surface area contributed by atoms with Gasteiger partial charge in [-0.3, -0.25) is 4.79 Å². The smallest absolute Gasteiger partial charge is 0.374 e. The number of carboxylic acids is 1. The Hall–Kier alpha value is -1.20. The van der Waals surface area contributed by atoms with Crippen LogP contribution in [0.4, 0.5) is 8.78 Å². The SMILES string of the molecule is O=C1CCCN1CCC(F)(F)C(=O)O. The summed E-state index contributed by atoms with van der Waals surface area (Å²) in [4.78, 5) is 22.3. The molecule has 1 rings (SSSR count). The number of amides is 1. The minimum atomic E-state index is -3.73. The molecule has 1 heterocycles. The minimum absolute atomic E-state index is 0.175. The predicted molar refractivity (Wildman–Crippen MR) is 43.0 cm³/mol. The van der Waals surface area contributed by atoms with Gasteiger partial charge in [-0.25, -0.2) is 4.79 Å². The Kier molecular flexibility index (Phi) is 3.03. The monoisotopic (exact) mass is 207 g/mol. The van der Waals surface area contributed by atoms with E-state index in [-0.39, 0.29) is 12.5 Å². The topological polar surface area (TPSA) is 57.6 Å². The third kappa shape index (κ3) is 2.40. The van der Waals surface area contributed by atoms with Gasteiger partial charge in [0, 0.05) is 25.9 Å². The second kappa shape index (κ2) is 3.89. The van der Waals surface area contributed by atoms with E-state index in [0.29, 0.717) is 19.4 Å². The number of halogens is 2. The van der Waals surface area contributed by atoms with E-state index in [1.165, 1.54) is 4.90 Å². The Balaban J connectivity index is 2.40. The lowest BCUT2D eigenvalue weighted by molar-refractivity contribution is -0.166. The quantitative estimate of drug-likeness (QED) is 0.738. The number of carbonyl (C=O) groups is 2. The molecule has 0 atom stereocenters. The molecule has 1 aliphatic heterocycles. The molecular formula is C8H11F2NO3. The van der Waals surface area contributed by atoms with Crippen LogP contribution >= 0.6 is 0 Å². The largest absolute Gasteiger partial charge is 0.477 e. The van der Waals surface area contributed by atoms with Crippen LogP contribution in [0.25, 0.3) is 0 Å². The van der Waals surface area contributed by atoms with Gasteiger partial charge in [-0.15, -0.1) is 0 Å². The molecule has 0 spiro atoms. The molecule has 14 heavy (non-hydrogen) atoms. The second-order valence-electron chi connectivity index (χ2n) is 3.24. The van der Waals surface area contributed by atoms with Crippen LogP contribution in [-0.4, -0.2) is 40.9 Å². The maximum absolute atomic E-state index is 12.6. The number of nitrogens with zero attached hydrogens (tertiary/aromatic N) is 1. The molecule has 0 radical (unpaired) electrons. The Bertz CT molecular complexity index is 255. The summed E-state index contributed by atoms with van der Waals surface area (Å²) in [7, 11) is 0. The number of carbonyl (C=O) groups excluding carboxylic acids is 1. The first kappa shape index (κ1) is 10.9. The Labute approximate surface area is 79.5 Å². The molecular weight excluding hydrogens is 196 g/mol. The van der Waals surface area contributed by atoms with Crippen molar-refractivity contribution in [3.05, 3.63) is 0 Å². The number of alkyl halides is 2. The lowest BCUT2D eigenvalue weighted by atomic mass is 10.2. The van der Waals surface area contributed by atoms with E-state index in [9.17, 15) is 18.4 Å². The van der Waals surface area contributed by atoms with E-state index in [2.05, 4.69) is 0 Å². The highest BCUT2D eigenvalue weighted by Gasteiger charge is 2.39. The fraction of sp³-hybridized carbons (Fsp3) is 0.750. The fourth-order valence-electron chi connectivity index (χ4n) is 1.32. The normalized spacial score (nSPS) is 17.6. The van der Waals surface area contributed by atoms with E-state index < -0.39 is 18.3 Å². The summed E-state index contributed by atoms with van der Waals surface area (Å²) in [6.07, 6.45) is 0.226. The number of aliphatic carboxylic acids is 1. The predicted octanol–water partition coefficient (Wildman–Crippen LogP) is 0.719. The van der Waals surface area contributed by atoms with Crippen molar-refractivity contribution in [2.24, 2.45) is 0 Å². The van der Waals surface area contributed by atoms with Crippen LogP contribution < -0.4 is 0 Å². The van der Waals surface area contributed by atoms with Crippen molar-refractivity contribution in [1.82, 2.24) is 4.90 Å². The molecule has 0 saturated carbocycles. The molecule has 0 aliphatic carbocycles. The summed E-state index contributed by atoms with van der Waals surface area (Å²) in [5, 5.41) is 8.13. The van der Waals surface area contributed by atoms with E-state index >= 15 is 0 Å². The second-order valence-corrected chi connectivity index (χ2v) is 3.24. The van der Waals surface area contributed by atoms with Gasteiger partial charge in [-0.1, -0.05) is 0 Å². The van der Waals surface area contributed by atoms with Crippen molar-refractivity contribution >= 4 is 11.9 Å². The number of rotatable bonds is 4. The number of hydrogen-bond acceptors (Lipinski definition) is 2. The van der Waals surface area contributed by atoms with Crippen LogP contribution in [0.15, 0.2) is 0 Å². The first-order valence-corrected chi connectivity index (χ1v) is 4.32. The van der Waals surface area contributed by atoms with Gasteiger partial charge in [0.15, 0.2) is 0 Å². The van der Waals surface area contributed by atoms with Crippen LogP contribution in [0, 0.1) is 0 Å². The molecule has 0 aromatic rings. The Morgan fingerprint density at radius 1 is 1.57 bits per heavy atom. The third-order valence-corrected chi connectivity index (χ3v) is 2.18. The number of hydrogen-bond donors (Lipinski definition) is 1. The lowest BCUT2D eigenvalue weighted by Gasteiger charge is -2.18. The van der Waals surface area contributed by atoms with Gasteiger partial charge in [0.05, 0.1) is 0 Å². The standard InChI is InChI=1S/C8H11F2NO3/c9-8(10,7(13)14)3-5-11-4-1-2-6(11)12/h1-5H2,(H,13,14). The zero-order valence-electron chi connectivity index (χ0n) is 7.50. The minimum Gasteiger partial charge on any atom is -0.477 e. The van der Waals surface area contributed by atoms with Crippen molar-refractivity contribution in [2.75, 3.05) is 13.1 Å². The molecule has 6 heteroatoms. The van der Waals surface area contributed by atoms with Gasteiger partial charge >= 0.3 is 11.9 Å². The van der Waals surface area contributed by atoms with Crippen molar-refractivity contribution in [3.8, 4) is 0 Å². The maximum atomic E-state index is 12.6. The molecule has 0 aromatic carbocycles. The highest BCUT2D eigenvalue weighted by Crippen LogP contribution is 2.20. The van der Waals surface area contributed by atoms with E-state index in [1.54, 1.807) is 0 Å². The third-order valence-electron chi connectivity index (χ3n) is 2.18. The zero-order valence-corrected chi connectivity index (χ0v) is 7.50. The first-order chi connectivity index (χ1) is 6.43. The van der Waals surface area contributed by atoms with Crippen LogP contribution in [0.2, 0.25) is 0 Å². The first-order valence-electron chi connectivity index (χ1n) is 4.32. The van der Waals surface area contributed by atoms with Crippen molar-refractivity contribution in [3.63, 3.8) is 0 Å². The molecule has 1 saturated heterocycles. The Morgan fingerprint density at radius 3 is 2.64 bits per heavy atom. The molecule has 1 N–H and O–H groups in total. The van der Waals surface area contributed by atoms with Crippen molar-refractivity contribution in [2.45, 2.75) is 25.2 Å². The van der Waals surface area contributed by atoms with Crippen molar-refractivity contribution < 1.29 is 23.5 Å². The summed E-state index contributed by atoms with van der Waals surface area (Å²) < 4.78 is 25.2. The molecule has 0 bridgehead atoms. The van der Waals surface area contributed by atoms with Gasteiger partial charge in [0.25, 0.3) is 0 Å². The molecule has 4 nitrogen and oxygen atoms in total. The van der Waals surface area contributed by atoms with Crippen LogP contribution in [0.5, 0.6) is 0 Å². The summed E-state index contributed by atoms with van der Waals surface area (Å²) >= 11 is 0. The van der Waals surface area contributed by atoms with Gasteiger partial charge in [-0.05, 0) is 6.42 Å².